The maximum Gasteiger partial charge on any atom is 0.251 e. The second kappa shape index (κ2) is 9.73. The summed E-state index contributed by atoms with van der Waals surface area (Å²) < 4.78 is 5.54. The van der Waals surface area contributed by atoms with E-state index in [1.807, 2.05) is 13.0 Å². The lowest BCUT2D eigenvalue weighted by atomic mass is 10.2. The molecule has 0 aromatic heterocycles. The molecule has 29 heavy (non-hydrogen) atoms. The zero-order chi connectivity index (χ0) is 20.6. The number of nitrogens with one attached hydrogen (secondary N) is 2. The number of ether oxygens (including phenoxy) is 1. The highest BCUT2D eigenvalue weighted by Gasteiger charge is 2.21. The minimum atomic E-state index is -0.348. The lowest BCUT2D eigenvalue weighted by molar-refractivity contribution is -0.117. The van der Waals surface area contributed by atoms with E-state index in [4.69, 9.17) is 4.74 Å². The lowest BCUT2D eigenvalue weighted by Crippen LogP contribution is -2.32. The van der Waals surface area contributed by atoms with Crippen LogP contribution in [0.5, 0.6) is 5.75 Å². The molecular formula is C22H25N3O4. The first-order valence-electron chi connectivity index (χ1n) is 9.78. The van der Waals surface area contributed by atoms with E-state index < -0.39 is 0 Å². The molecule has 1 saturated heterocycles. The second-order valence-corrected chi connectivity index (χ2v) is 6.80. The van der Waals surface area contributed by atoms with Crippen LogP contribution in [0.4, 0.5) is 11.4 Å². The molecule has 152 valence electrons. The quantitative estimate of drug-likeness (QED) is 0.719. The van der Waals surface area contributed by atoms with Crippen molar-refractivity contribution in [2.75, 3.05) is 29.9 Å². The first-order chi connectivity index (χ1) is 14.1. The lowest BCUT2D eigenvalue weighted by Gasteiger charge is -2.15. The van der Waals surface area contributed by atoms with Crippen molar-refractivity contribution in [1.29, 1.82) is 0 Å². The largest absolute Gasteiger partial charge is 0.494 e. The van der Waals surface area contributed by atoms with E-state index in [0.717, 1.165) is 18.5 Å². The number of nitrogens with zero attached hydrogens (tertiary/aromatic N) is 1. The van der Waals surface area contributed by atoms with Crippen LogP contribution in [-0.4, -0.2) is 37.4 Å². The molecule has 1 fully saturated rings. The molecule has 0 bridgehead atoms. The Morgan fingerprint density at radius 1 is 1.14 bits per heavy atom. The van der Waals surface area contributed by atoms with Gasteiger partial charge in [-0.3, -0.25) is 14.4 Å². The molecule has 2 aromatic rings. The Hall–Kier alpha value is -3.35. The van der Waals surface area contributed by atoms with Crippen molar-refractivity contribution < 1.29 is 19.1 Å². The number of hydrogen-bond acceptors (Lipinski definition) is 4. The van der Waals surface area contributed by atoms with Gasteiger partial charge in [-0.25, -0.2) is 0 Å². The predicted octanol–water partition coefficient (Wildman–Crippen LogP) is 2.97. The summed E-state index contributed by atoms with van der Waals surface area (Å²) in [7, 11) is 0. The van der Waals surface area contributed by atoms with Crippen LogP contribution in [0.3, 0.4) is 0 Å². The third-order valence-corrected chi connectivity index (χ3v) is 4.51. The number of benzene rings is 2. The molecule has 3 rings (SSSR count). The number of carbonyl (C=O) groups is 3. The highest BCUT2D eigenvalue weighted by atomic mass is 16.5. The summed E-state index contributed by atoms with van der Waals surface area (Å²) in [6.07, 6.45) is 2.31. The van der Waals surface area contributed by atoms with E-state index in [-0.39, 0.29) is 24.3 Å². The molecule has 7 nitrogen and oxygen atoms in total. The minimum absolute atomic E-state index is 0.100. The summed E-state index contributed by atoms with van der Waals surface area (Å²) in [5.74, 6) is 0.109. The highest BCUT2D eigenvalue weighted by Crippen LogP contribution is 2.21. The van der Waals surface area contributed by atoms with Gasteiger partial charge in [-0.15, -0.1) is 0 Å². The van der Waals surface area contributed by atoms with Gasteiger partial charge in [0, 0.05) is 36.0 Å². The van der Waals surface area contributed by atoms with Crippen LogP contribution < -0.4 is 20.3 Å². The van der Waals surface area contributed by atoms with Crippen molar-refractivity contribution in [3.05, 3.63) is 54.1 Å². The monoisotopic (exact) mass is 395 g/mol. The third-order valence-electron chi connectivity index (χ3n) is 4.51. The summed E-state index contributed by atoms with van der Waals surface area (Å²) in [6, 6.07) is 13.9. The fourth-order valence-corrected chi connectivity index (χ4v) is 3.07. The van der Waals surface area contributed by atoms with Crippen LogP contribution in [-0.2, 0) is 9.59 Å². The summed E-state index contributed by atoms with van der Waals surface area (Å²) in [6.45, 7) is 3.19. The Balaban J connectivity index is 1.50. The zero-order valence-corrected chi connectivity index (χ0v) is 16.4. The maximum atomic E-state index is 12.3. The molecule has 0 atom stereocenters. The van der Waals surface area contributed by atoms with Gasteiger partial charge < -0.3 is 20.3 Å². The summed E-state index contributed by atoms with van der Waals surface area (Å²) in [5.41, 5.74) is 1.83. The number of rotatable bonds is 8. The van der Waals surface area contributed by atoms with Crippen molar-refractivity contribution in [2.45, 2.75) is 26.2 Å². The van der Waals surface area contributed by atoms with Crippen molar-refractivity contribution in [3.63, 3.8) is 0 Å². The van der Waals surface area contributed by atoms with Crippen molar-refractivity contribution in [3.8, 4) is 5.75 Å². The van der Waals surface area contributed by atoms with E-state index in [2.05, 4.69) is 10.6 Å². The second-order valence-electron chi connectivity index (χ2n) is 6.80. The molecule has 2 N–H and O–H groups in total. The first kappa shape index (κ1) is 20.4. The Kier molecular flexibility index (Phi) is 6.84. The fraction of sp³-hybridized carbons (Fsp3) is 0.318. The van der Waals surface area contributed by atoms with Gasteiger partial charge in [0.15, 0.2) is 0 Å². The van der Waals surface area contributed by atoms with E-state index in [0.29, 0.717) is 36.6 Å². The Labute approximate surface area is 170 Å². The number of hydrogen-bond donors (Lipinski definition) is 2. The molecule has 0 aliphatic carbocycles. The standard InChI is InChI=1S/C22H25N3O4/c1-2-13-29-19-6-3-5-17(14-19)24-20(26)15-23-22(28)16-8-10-18(11-9-16)25-12-4-7-21(25)27/h3,5-6,8-11,14H,2,4,7,12-13,15H2,1H3,(H,23,28)(H,24,26). The minimum Gasteiger partial charge on any atom is -0.494 e. The van der Waals surface area contributed by atoms with Crippen molar-refractivity contribution in [1.82, 2.24) is 5.32 Å². The molecule has 1 heterocycles. The molecular weight excluding hydrogens is 370 g/mol. The van der Waals surface area contributed by atoms with Crippen molar-refractivity contribution in [2.24, 2.45) is 0 Å². The van der Waals surface area contributed by atoms with Gasteiger partial charge in [-0.05, 0) is 49.2 Å². The van der Waals surface area contributed by atoms with Crippen LogP contribution in [0.1, 0.15) is 36.5 Å². The first-order valence-corrected chi connectivity index (χ1v) is 9.78. The molecule has 1 aliphatic rings. The van der Waals surface area contributed by atoms with Gasteiger partial charge in [0.25, 0.3) is 5.91 Å². The molecule has 0 unspecified atom stereocenters. The van der Waals surface area contributed by atoms with Gasteiger partial charge in [0.05, 0.1) is 13.2 Å². The van der Waals surface area contributed by atoms with Gasteiger partial charge in [0.1, 0.15) is 5.75 Å². The Morgan fingerprint density at radius 2 is 1.93 bits per heavy atom. The Bertz CT molecular complexity index is 880. The fourth-order valence-electron chi connectivity index (χ4n) is 3.07. The molecule has 1 aliphatic heterocycles. The SMILES string of the molecule is CCCOc1cccc(NC(=O)CNC(=O)c2ccc(N3CCCC3=O)cc2)c1. The molecule has 0 saturated carbocycles. The predicted molar refractivity (Wildman–Crippen MR) is 111 cm³/mol. The van der Waals surface area contributed by atoms with Crippen molar-refractivity contribution >= 4 is 29.1 Å². The van der Waals surface area contributed by atoms with Crippen LogP contribution in [0, 0.1) is 0 Å². The summed E-state index contributed by atoms with van der Waals surface area (Å²) >= 11 is 0. The van der Waals surface area contributed by atoms with Crippen LogP contribution in [0.15, 0.2) is 48.5 Å². The normalized spacial score (nSPS) is 13.3. The molecule has 0 spiro atoms. The van der Waals surface area contributed by atoms with Crippen LogP contribution >= 0.6 is 0 Å². The average Bonchev–Trinajstić information content (AvgIpc) is 3.17. The third kappa shape index (κ3) is 5.57. The van der Waals surface area contributed by atoms with Gasteiger partial charge >= 0.3 is 0 Å². The Morgan fingerprint density at radius 3 is 2.62 bits per heavy atom. The van der Waals surface area contributed by atoms with Crippen LogP contribution in [0.2, 0.25) is 0 Å². The molecule has 2 aromatic carbocycles. The molecule has 3 amide bonds. The summed E-state index contributed by atoms with van der Waals surface area (Å²) in [5, 5.41) is 5.34. The van der Waals surface area contributed by atoms with Gasteiger partial charge in [0.2, 0.25) is 11.8 Å². The summed E-state index contributed by atoms with van der Waals surface area (Å²) in [4.78, 5) is 37.9. The molecule has 0 radical (unpaired) electrons. The van der Waals surface area contributed by atoms with E-state index >= 15 is 0 Å². The maximum absolute atomic E-state index is 12.3. The molecule has 7 heteroatoms. The zero-order valence-electron chi connectivity index (χ0n) is 16.4. The number of anilines is 2. The van der Waals surface area contributed by atoms with Crippen LogP contribution in [0.25, 0.3) is 0 Å². The van der Waals surface area contributed by atoms with Gasteiger partial charge in [-0.1, -0.05) is 13.0 Å². The van der Waals surface area contributed by atoms with Gasteiger partial charge in [-0.2, -0.15) is 0 Å². The topological polar surface area (TPSA) is 87.7 Å². The van der Waals surface area contributed by atoms with E-state index in [1.54, 1.807) is 47.4 Å². The average molecular weight is 395 g/mol. The smallest absolute Gasteiger partial charge is 0.251 e. The number of amides is 3. The van der Waals surface area contributed by atoms with E-state index in [9.17, 15) is 14.4 Å². The highest BCUT2D eigenvalue weighted by molar-refractivity contribution is 6.00. The van der Waals surface area contributed by atoms with E-state index in [1.165, 1.54) is 0 Å². The number of carbonyl (C=O) groups excluding carboxylic acids is 3.